The number of nitro groups is 1. The first-order valence-corrected chi connectivity index (χ1v) is 4.27. The van der Waals surface area contributed by atoms with Crippen LogP contribution in [0.5, 0.6) is 0 Å². The van der Waals surface area contributed by atoms with Crippen molar-refractivity contribution in [3.63, 3.8) is 0 Å². The highest BCUT2D eigenvalue weighted by Gasteiger charge is 2.23. The Balaban J connectivity index is 3.31. The molecule has 5 heteroatoms. The summed E-state index contributed by atoms with van der Waals surface area (Å²) >= 11 is 0. The molecule has 0 aromatic carbocycles. The van der Waals surface area contributed by atoms with Gasteiger partial charge in [0.2, 0.25) is 0 Å². The fourth-order valence-electron chi connectivity index (χ4n) is 1.68. The van der Waals surface area contributed by atoms with E-state index in [1.807, 2.05) is 0 Å². The smallest absolute Gasteiger partial charge is 0.324 e. The zero-order chi connectivity index (χ0) is 10.9. The summed E-state index contributed by atoms with van der Waals surface area (Å²) in [5.41, 5.74) is 1.97. The van der Waals surface area contributed by atoms with E-state index in [2.05, 4.69) is 4.98 Å². The van der Waals surface area contributed by atoms with E-state index in [0.29, 0.717) is 11.3 Å². The van der Waals surface area contributed by atoms with E-state index >= 15 is 0 Å². The summed E-state index contributed by atoms with van der Waals surface area (Å²) in [5.74, 6) is -0.328. The highest BCUT2D eigenvalue weighted by molar-refractivity contribution is 5.65. The number of carbonyl (C=O) groups excluding carboxylic acids is 1. The van der Waals surface area contributed by atoms with Crippen LogP contribution in [0.2, 0.25) is 0 Å². The summed E-state index contributed by atoms with van der Waals surface area (Å²) in [5, 5.41) is 10.6. The maximum Gasteiger partial charge on any atom is 0.324 e. The van der Waals surface area contributed by atoms with Crippen molar-refractivity contribution in [2.24, 2.45) is 0 Å². The predicted molar refractivity (Wildman–Crippen MR) is 51.4 cm³/mol. The summed E-state index contributed by atoms with van der Waals surface area (Å²) in [6.45, 7) is 5.10. The number of aryl methyl sites for hydroxylation is 1. The van der Waals surface area contributed by atoms with E-state index in [1.54, 1.807) is 20.8 Å². The molecule has 1 unspecified atom stereocenters. The number of aromatic nitrogens is 1. The molecule has 0 saturated carbocycles. The molecular formula is C9H12N2O3. The van der Waals surface area contributed by atoms with Crippen LogP contribution in [0.1, 0.15) is 29.7 Å². The summed E-state index contributed by atoms with van der Waals surface area (Å²) < 4.78 is 0. The van der Waals surface area contributed by atoms with Crippen LogP contribution in [0.3, 0.4) is 0 Å². The minimum Gasteiger partial charge on any atom is -0.358 e. The maximum atomic E-state index is 10.6. The highest BCUT2D eigenvalue weighted by Crippen LogP contribution is 2.28. The van der Waals surface area contributed by atoms with Crippen molar-refractivity contribution in [2.75, 3.05) is 0 Å². The third-order valence-corrected chi connectivity index (χ3v) is 2.31. The first kappa shape index (κ1) is 10.4. The maximum absolute atomic E-state index is 10.6. The molecule has 0 radical (unpaired) electrons. The number of aldehydes is 1. The number of hydrogen-bond acceptors (Lipinski definition) is 3. The quantitative estimate of drug-likeness (QED) is 0.455. The van der Waals surface area contributed by atoms with Crippen molar-refractivity contribution in [1.29, 1.82) is 0 Å². The van der Waals surface area contributed by atoms with Gasteiger partial charge in [0.15, 0.2) is 0 Å². The molecule has 0 spiro atoms. The van der Waals surface area contributed by atoms with Crippen LogP contribution in [-0.4, -0.2) is 16.2 Å². The van der Waals surface area contributed by atoms with Gasteiger partial charge in [0.1, 0.15) is 12.0 Å². The average Bonchev–Trinajstić information content (AvgIpc) is 2.41. The molecule has 5 nitrogen and oxygen atoms in total. The van der Waals surface area contributed by atoms with Gasteiger partial charge in [-0.2, -0.15) is 0 Å². The Bertz CT molecular complexity index is 382. The van der Waals surface area contributed by atoms with Crippen LogP contribution in [-0.2, 0) is 4.79 Å². The van der Waals surface area contributed by atoms with Gasteiger partial charge in [-0.15, -0.1) is 0 Å². The van der Waals surface area contributed by atoms with Crippen molar-refractivity contribution in [3.05, 3.63) is 26.9 Å². The van der Waals surface area contributed by atoms with Gasteiger partial charge in [0.05, 0.1) is 5.56 Å². The van der Waals surface area contributed by atoms with Crippen molar-refractivity contribution < 1.29 is 9.72 Å². The molecule has 0 aliphatic carbocycles. The lowest BCUT2D eigenvalue weighted by Crippen LogP contribution is -1.97. The Kier molecular flexibility index (Phi) is 2.69. The first-order chi connectivity index (χ1) is 6.49. The third kappa shape index (κ3) is 1.53. The number of rotatable bonds is 3. The molecule has 0 amide bonds. The molecule has 0 saturated heterocycles. The largest absolute Gasteiger partial charge is 0.358 e. The van der Waals surface area contributed by atoms with Crippen molar-refractivity contribution >= 4 is 12.1 Å². The monoisotopic (exact) mass is 196 g/mol. The van der Waals surface area contributed by atoms with E-state index in [1.165, 1.54) is 0 Å². The molecule has 1 rings (SSSR count). The highest BCUT2D eigenvalue weighted by atomic mass is 16.6. The molecule has 0 aliphatic heterocycles. The van der Waals surface area contributed by atoms with E-state index < -0.39 is 4.92 Å². The predicted octanol–water partition coefficient (Wildman–Crippen LogP) is 1.84. The van der Waals surface area contributed by atoms with Crippen molar-refractivity contribution in [3.8, 4) is 0 Å². The van der Waals surface area contributed by atoms with Gasteiger partial charge in [-0.05, 0) is 18.8 Å². The van der Waals surface area contributed by atoms with E-state index in [4.69, 9.17) is 0 Å². The second kappa shape index (κ2) is 3.61. The van der Waals surface area contributed by atoms with E-state index in [-0.39, 0.29) is 11.7 Å². The second-order valence-electron chi connectivity index (χ2n) is 3.32. The number of nitrogens with one attached hydrogen (secondary N) is 1. The summed E-state index contributed by atoms with van der Waals surface area (Å²) in [4.78, 5) is 23.4. The molecule has 1 N–H and O–H groups in total. The van der Waals surface area contributed by atoms with Crippen LogP contribution in [0, 0.1) is 24.0 Å². The fourth-order valence-corrected chi connectivity index (χ4v) is 1.68. The molecule has 0 fully saturated rings. The van der Waals surface area contributed by atoms with E-state index in [0.717, 1.165) is 11.8 Å². The standard InChI is InChI=1S/C9H12N2O3/c1-5(4-12)8-6(2)9(11(13)14)10-7(8)3/h4-5,10H,1-3H3. The Hall–Kier alpha value is -1.65. The Morgan fingerprint density at radius 3 is 2.43 bits per heavy atom. The zero-order valence-corrected chi connectivity index (χ0v) is 8.33. The minimum absolute atomic E-state index is 0.0220. The summed E-state index contributed by atoms with van der Waals surface area (Å²) in [7, 11) is 0. The van der Waals surface area contributed by atoms with Crippen molar-refractivity contribution in [1.82, 2.24) is 4.98 Å². The molecule has 1 atom stereocenters. The van der Waals surface area contributed by atoms with Crippen LogP contribution < -0.4 is 0 Å². The summed E-state index contributed by atoms with van der Waals surface area (Å²) in [6.07, 6.45) is 0.785. The van der Waals surface area contributed by atoms with Crippen LogP contribution in [0.4, 0.5) is 5.82 Å². The van der Waals surface area contributed by atoms with Gasteiger partial charge in [-0.1, -0.05) is 6.92 Å². The molecule has 0 aliphatic rings. The third-order valence-electron chi connectivity index (χ3n) is 2.31. The van der Waals surface area contributed by atoms with Gasteiger partial charge < -0.3 is 14.9 Å². The lowest BCUT2D eigenvalue weighted by molar-refractivity contribution is -0.389. The number of carbonyl (C=O) groups is 1. The van der Waals surface area contributed by atoms with Gasteiger partial charge in [0.25, 0.3) is 0 Å². The van der Waals surface area contributed by atoms with Gasteiger partial charge >= 0.3 is 5.82 Å². The topological polar surface area (TPSA) is 76.0 Å². The molecule has 1 aromatic rings. The minimum atomic E-state index is -0.469. The normalized spacial score (nSPS) is 12.5. The van der Waals surface area contributed by atoms with Gasteiger partial charge in [-0.3, -0.25) is 0 Å². The Morgan fingerprint density at radius 1 is 1.50 bits per heavy atom. The molecule has 0 bridgehead atoms. The van der Waals surface area contributed by atoms with Crippen LogP contribution >= 0.6 is 0 Å². The SMILES string of the molecule is Cc1[nH]c([N+](=O)[O-])c(C)c1C(C)C=O. The molecule has 1 aromatic heterocycles. The number of hydrogen-bond donors (Lipinski definition) is 1. The second-order valence-corrected chi connectivity index (χ2v) is 3.32. The molecule has 14 heavy (non-hydrogen) atoms. The number of aromatic amines is 1. The zero-order valence-electron chi connectivity index (χ0n) is 8.33. The van der Waals surface area contributed by atoms with Gasteiger partial charge in [0, 0.05) is 11.5 Å². The van der Waals surface area contributed by atoms with Crippen LogP contribution in [0.25, 0.3) is 0 Å². The van der Waals surface area contributed by atoms with Crippen LogP contribution in [0.15, 0.2) is 0 Å². The molecule has 1 heterocycles. The molecular weight excluding hydrogens is 184 g/mol. The average molecular weight is 196 g/mol. The van der Waals surface area contributed by atoms with Crippen molar-refractivity contribution in [2.45, 2.75) is 26.7 Å². The first-order valence-electron chi connectivity index (χ1n) is 4.27. The van der Waals surface area contributed by atoms with Gasteiger partial charge in [-0.25, -0.2) is 4.98 Å². The van der Waals surface area contributed by atoms with E-state index in [9.17, 15) is 14.9 Å². The summed E-state index contributed by atoms with van der Waals surface area (Å²) in [6, 6.07) is 0. The number of nitrogens with zero attached hydrogens (tertiary/aromatic N) is 1. The number of H-pyrrole nitrogens is 1. The lowest BCUT2D eigenvalue weighted by Gasteiger charge is -2.01. The Morgan fingerprint density at radius 2 is 2.07 bits per heavy atom. The Labute approximate surface area is 81.3 Å². The lowest BCUT2D eigenvalue weighted by atomic mass is 9.99. The molecule has 76 valence electrons. The fraction of sp³-hybridized carbons (Fsp3) is 0.444.